The van der Waals surface area contributed by atoms with E-state index in [2.05, 4.69) is 23.2 Å². The van der Waals surface area contributed by atoms with Gasteiger partial charge in [0.15, 0.2) is 11.5 Å². The van der Waals surface area contributed by atoms with Gasteiger partial charge in [0.25, 0.3) is 0 Å². The Morgan fingerprint density at radius 2 is 2.16 bits per heavy atom. The van der Waals surface area contributed by atoms with Crippen LogP contribution in [0.4, 0.5) is 5.00 Å². The third kappa shape index (κ3) is 5.57. The first-order valence-electron chi connectivity index (χ1n) is 10.9. The van der Waals surface area contributed by atoms with E-state index in [1.165, 1.54) is 4.88 Å². The summed E-state index contributed by atoms with van der Waals surface area (Å²) < 4.78 is 11.0. The summed E-state index contributed by atoms with van der Waals surface area (Å²) in [5, 5.41) is 13.4. The third-order valence-electron chi connectivity index (χ3n) is 5.62. The first-order valence-corrected chi connectivity index (χ1v) is 11.7. The Morgan fingerprint density at radius 1 is 1.35 bits per heavy atom. The largest absolute Gasteiger partial charge is 0.493 e. The molecule has 0 spiro atoms. The second-order valence-electron chi connectivity index (χ2n) is 7.94. The molecule has 1 N–H and O–H groups in total. The van der Waals surface area contributed by atoms with Crippen molar-refractivity contribution < 1.29 is 14.3 Å². The quantitative estimate of drug-likeness (QED) is 0.615. The SMILES string of the molecule is CCOc1ccc(CN(CC)CC(=O)Nc2sc3c(c2C#N)CCC(C)C3)cc1OC. The van der Waals surface area contributed by atoms with Gasteiger partial charge < -0.3 is 14.8 Å². The van der Waals surface area contributed by atoms with Crippen molar-refractivity contribution in [3.63, 3.8) is 0 Å². The Balaban J connectivity index is 1.66. The lowest BCUT2D eigenvalue weighted by molar-refractivity contribution is -0.117. The number of nitrogens with zero attached hydrogens (tertiary/aromatic N) is 2. The van der Waals surface area contributed by atoms with Crippen molar-refractivity contribution in [2.75, 3.05) is 32.1 Å². The lowest BCUT2D eigenvalue weighted by atomic mass is 9.89. The van der Waals surface area contributed by atoms with Gasteiger partial charge in [0.05, 0.1) is 25.8 Å². The van der Waals surface area contributed by atoms with Gasteiger partial charge in [0.1, 0.15) is 11.1 Å². The van der Waals surface area contributed by atoms with E-state index in [1.54, 1.807) is 18.4 Å². The molecule has 1 aromatic carbocycles. The molecule has 166 valence electrons. The average molecular weight is 442 g/mol. The minimum atomic E-state index is -0.0945. The number of hydrogen-bond donors (Lipinski definition) is 1. The number of hydrogen-bond acceptors (Lipinski definition) is 6. The fourth-order valence-electron chi connectivity index (χ4n) is 3.95. The minimum absolute atomic E-state index is 0.0945. The first-order chi connectivity index (χ1) is 15.0. The van der Waals surface area contributed by atoms with Gasteiger partial charge in [-0.1, -0.05) is 19.9 Å². The van der Waals surface area contributed by atoms with Gasteiger partial charge in [-0.2, -0.15) is 5.26 Å². The Kier molecular flexibility index (Phi) is 7.94. The Hall–Kier alpha value is -2.56. The maximum atomic E-state index is 12.8. The molecule has 2 aromatic rings. The Labute approximate surface area is 188 Å². The molecule has 1 atom stereocenters. The van der Waals surface area contributed by atoms with Crippen LogP contribution in [0.15, 0.2) is 18.2 Å². The topological polar surface area (TPSA) is 74.6 Å². The van der Waals surface area contributed by atoms with Gasteiger partial charge >= 0.3 is 0 Å². The average Bonchev–Trinajstić information content (AvgIpc) is 3.09. The number of ether oxygens (including phenoxy) is 2. The number of likely N-dealkylation sites (N-methyl/N-ethyl adjacent to an activating group) is 1. The Morgan fingerprint density at radius 3 is 2.84 bits per heavy atom. The maximum Gasteiger partial charge on any atom is 0.239 e. The minimum Gasteiger partial charge on any atom is -0.493 e. The summed E-state index contributed by atoms with van der Waals surface area (Å²) in [7, 11) is 1.63. The van der Waals surface area contributed by atoms with Crippen LogP contribution in [-0.4, -0.2) is 37.6 Å². The molecule has 1 aliphatic rings. The zero-order valence-electron chi connectivity index (χ0n) is 18.8. The van der Waals surface area contributed by atoms with E-state index in [0.717, 1.165) is 42.7 Å². The molecule has 0 saturated heterocycles. The standard InChI is InChI=1S/C24H31N3O3S/c1-5-27(14-17-8-10-20(30-6-2)21(12-17)29-4)15-23(28)26-24-19(13-25)18-9-7-16(3)11-22(18)31-24/h8,10,12,16H,5-7,9,11,14-15H2,1-4H3,(H,26,28). The van der Waals surface area contributed by atoms with E-state index in [-0.39, 0.29) is 12.5 Å². The van der Waals surface area contributed by atoms with E-state index in [4.69, 9.17) is 9.47 Å². The number of nitriles is 1. The summed E-state index contributed by atoms with van der Waals surface area (Å²) in [5.41, 5.74) is 2.84. The molecule has 1 heterocycles. The molecule has 6 nitrogen and oxygen atoms in total. The van der Waals surface area contributed by atoms with Crippen LogP contribution < -0.4 is 14.8 Å². The highest BCUT2D eigenvalue weighted by Crippen LogP contribution is 2.39. The summed E-state index contributed by atoms with van der Waals surface area (Å²) >= 11 is 1.57. The van der Waals surface area contributed by atoms with Crippen molar-refractivity contribution in [1.29, 1.82) is 5.26 Å². The summed E-state index contributed by atoms with van der Waals surface area (Å²) in [5.74, 6) is 1.94. The normalized spacial score (nSPS) is 15.3. The molecule has 0 saturated carbocycles. The van der Waals surface area contributed by atoms with Crippen LogP contribution in [-0.2, 0) is 24.2 Å². The van der Waals surface area contributed by atoms with Crippen LogP contribution in [0.25, 0.3) is 0 Å². The van der Waals surface area contributed by atoms with Crippen molar-refractivity contribution in [3.8, 4) is 17.6 Å². The molecule has 0 bridgehead atoms. The van der Waals surface area contributed by atoms with Gasteiger partial charge in [-0.25, -0.2) is 0 Å². The molecule has 0 fully saturated rings. The van der Waals surface area contributed by atoms with Crippen molar-refractivity contribution >= 4 is 22.2 Å². The number of thiophene rings is 1. The number of carbonyl (C=O) groups is 1. The molecule has 1 amide bonds. The highest BCUT2D eigenvalue weighted by molar-refractivity contribution is 7.16. The van der Waals surface area contributed by atoms with E-state index in [0.29, 0.717) is 35.4 Å². The molecule has 31 heavy (non-hydrogen) atoms. The monoisotopic (exact) mass is 441 g/mol. The highest BCUT2D eigenvalue weighted by atomic mass is 32.1. The van der Waals surface area contributed by atoms with Crippen LogP contribution in [0, 0.1) is 17.2 Å². The number of nitrogens with one attached hydrogen (secondary N) is 1. The number of anilines is 1. The maximum absolute atomic E-state index is 12.8. The summed E-state index contributed by atoms with van der Waals surface area (Å²) in [6.07, 6.45) is 3.01. The van der Waals surface area contributed by atoms with Crippen molar-refractivity contribution in [3.05, 3.63) is 39.8 Å². The zero-order valence-corrected chi connectivity index (χ0v) is 19.6. The summed E-state index contributed by atoms with van der Waals surface area (Å²) in [6.45, 7) is 8.39. The predicted molar refractivity (Wildman–Crippen MR) is 124 cm³/mol. The highest BCUT2D eigenvalue weighted by Gasteiger charge is 2.25. The smallest absolute Gasteiger partial charge is 0.239 e. The number of methoxy groups -OCH3 is 1. The van der Waals surface area contributed by atoms with E-state index < -0.39 is 0 Å². The van der Waals surface area contributed by atoms with Crippen LogP contribution in [0.3, 0.4) is 0 Å². The van der Waals surface area contributed by atoms with Crippen LogP contribution in [0.1, 0.15) is 48.8 Å². The van der Waals surface area contributed by atoms with E-state index >= 15 is 0 Å². The molecular formula is C24H31N3O3S. The van der Waals surface area contributed by atoms with Gasteiger partial charge in [-0.05, 0) is 61.9 Å². The van der Waals surface area contributed by atoms with E-state index in [9.17, 15) is 10.1 Å². The second kappa shape index (κ2) is 10.7. The molecule has 3 rings (SSSR count). The van der Waals surface area contributed by atoms with Crippen LogP contribution in [0.2, 0.25) is 0 Å². The number of fused-ring (bicyclic) bond motifs is 1. The fraction of sp³-hybridized carbons (Fsp3) is 0.500. The number of carbonyl (C=O) groups excluding carboxylic acids is 1. The molecule has 0 radical (unpaired) electrons. The number of amides is 1. The summed E-state index contributed by atoms with van der Waals surface area (Å²) in [4.78, 5) is 16.1. The lowest BCUT2D eigenvalue weighted by Gasteiger charge is -2.20. The molecule has 0 aliphatic heterocycles. The van der Waals surface area contributed by atoms with Crippen molar-refractivity contribution in [2.24, 2.45) is 5.92 Å². The number of benzene rings is 1. The van der Waals surface area contributed by atoms with Gasteiger partial charge in [-0.3, -0.25) is 9.69 Å². The van der Waals surface area contributed by atoms with Crippen LogP contribution >= 0.6 is 11.3 Å². The predicted octanol–water partition coefficient (Wildman–Crippen LogP) is 4.61. The van der Waals surface area contributed by atoms with Crippen LogP contribution in [0.5, 0.6) is 11.5 Å². The zero-order chi connectivity index (χ0) is 22.4. The molecule has 1 aliphatic carbocycles. The molecule has 1 aromatic heterocycles. The molecule has 7 heteroatoms. The first kappa shape index (κ1) is 23.1. The summed E-state index contributed by atoms with van der Waals surface area (Å²) in [6, 6.07) is 8.17. The van der Waals surface area contributed by atoms with Gasteiger partial charge in [0.2, 0.25) is 5.91 Å². The molecular weight excluding hydrogens is 410 g/mol. The van der Waals surface area contributed by atoms with Gasteiger partial charge in [0, 0.05) is 11.4 Å². The van der Waals surface area contributed by atoms with Crippen molar-refractivity contribution in [2.45, 2.75) is 46.6 Å². The number of rotatable bonds is 9. The van der Waals surface area contributed by atoms with E-state index in [1.807, 2.05) is 32.0 Å². The fourth-order valence-corrected chi connectivity index (χ4v) is 5.33. The second-order valence-corrected chi connectivity index (χ2v) is 9.04. The molecule has 1 unspecified atom stereocenters. The third-order valence-corrected chi connectivity index (χ3v) is 6.79. The lowest BCUT2D eigenvalue weighted by Crippen LogP contribution is -2.32. The van der Waals surface area contributed by atoms with Gasteiger partial charge in [-0.15, -0.1) is 11.3 Å². The van der Waals surface area contributed by atoms with Crippen molar-refractivity contribution in [1.82, 2.24) is 4.90 Å². The Bertz CT molecular complexity index is 964.